The van der Waals surface area contributed by atoms with Crippen molar-refractivity contribution in [1.82, 2.24) is 0 Å². The molecule has 5 aliphatic carbocycles. The van der Waals surface area contributed by atoms with Gasteiger partial charge in [0.05, 0.1) is 0 Å². The zero-order valence-corrected chi connectivity index (χ0v) is 23.6. The Balaban J connectivity index is 1.23. The van der Waals surface area contributed by atoms with Gasteiger partial charge in [-0.05, 0) is 120 Å². The molecule has 0 saturated carbocycles. The second-order valence-corrected chi connectivity index (χ2v) is 11.3. The molecule has 0 bridgehead atoms. The summed E-state index contributed by atoms with van der Waals surface area (Å²) in [6, 6.07) is 10.9. The molecule has 0 radical (unpaired) electrons. The summed E-state index contributed by atoms with van der Waals surface area (Å²) in [5.41, 5.74) is 14.2. The van der Waals surface area contributed by atoms with Gasteiger partial charge in [0, 0.05) is 0 Å². The van der Waals surface area contributed by atoms with Gasteiger partial charge >= 0.3 is 0 Å². The molecule has 0 heteroatoms. The van der Waals surface area contributed by atoms with Crippen molar-refractivity contribution in [3.8, 4) is 0 Å². The molecule has 0 nitrogen and oxygen atoms in total. The summed E-state index contributed by atoms with van der Waals surface area (Å²) in [4.78, 5) is 0. The van der Waals surface area contributed by atoms with Crippen molar-refractivity contribution in [3.63, 3.8) is 0 Å². The highest BCUT2D eigenvalue weighted by Crippen LogP contribution is 2.36. The highest BCUT2D eigenvalue weighted by atomic mass is 14.2. The van der Waals surface area contributed by atoms with E-state index in [0.717, 1.165) is 64.2 Å². The quantitative estimate of drug-likeness (QED) is 0.335. The fraction of sp³-hybridized carbons (Fsp3) is 0.250. The molecule has 0 spiro atoms. The zero-order valence-electron chi connectivity index (χ0n) is 23.6. The van der Waals surface area contributed by atoms with Crippen molar-refractivity contribution in [1.29, 1.82) is 0 Å². The molecule has 1 aromatic rings. The number of benzene rings is 1. The molecule has 0 aromatic heterocycles. The molecule has 0 amide bonds. The molecule has 0 heterocycles. The minimum Gasteiger partial charge on any atom is -0.0842 e. The Hall–Kier alpha value is -3.90. The van der Waals surface area contributed by atoms with Gasteiger partial charge in [0.2, 0.25) is 0 Å². The van der Waals surface area contributed by atoms with Crippen LogP contribution in [0.25, 0.3) is 5.57 Å². The van der Waals surface area contributed by atoms with E-state index < -0.39 is 0 Å². The average molecular weight is 521 g/mol. The van der Waals surface area contributed by atoms with Crippen molar-refractivity contribution in [2.24, 2.45) is 0 Å². The van der Waals surface area contributed by atoms with E-state index in [1.165, 1.54) is 55.7 Å². The Morgan fingerprint density at radius 1 is 0.525 bits per heavy atom. The molecule has 0 unspecified atom stereocenters. The summed E-state index contributed by atoms with van der Waals surface area (Å²) in [5.74, 6) is 0. The standard InChI is InChI=1S/C40H40/c1-5-13-35(14-6-1)39(36-15-7-2-8-16-36)29-31-21-25-33(26-22-31)34-27-23-32(24-28-34)30-40(37-17-9-3-10-18-37)38-19-11-4-12-20-38/h1,3,5-7,9,11,13-17,19-21,23,25,27,29-30H,2,4,8,10,12,18,22,24,26,28H2. The molecular weight excluding hydrogens is 480 g/mol. The van der Waals surface area contributed by atoms with Crippen LogP contribution in [-0.2, 0) is 0 Å². The van der Waals surface area contributed by atoms with E-state index in [9.17, 15) is 0 Å². The van der Waals surface area contributed by atoms with E-state index in [1.807, 2.05) is 0 Å². The number of rotatable bonds is 7. The molecule has 0 fully saturated rings. The first-order chi connectivity index (χ1) is 19.8. The zero-order chi connectivity index (χ0) is 27.0. The Morgan fingerprint density at radius 2 is 1.15 bits per heavy atom. The molecule has 0 saturated heterocycles. The van der Waals surface area contributed by atoms with Crippen LogP contribution in [-0.4, -0.2) is 0 Å². The number of hydrogen-bond acceptors (Lipinski definition) is 0. The lowest BCUT2D eigenvalue weighted by molar-refractivity contribution is 0.867. The first-order valence-corrected chi connectivity index (χ1v) is 15.2. The van der Waals surface area contributed by atoms with Crippen molar-refractivity contribution < 1.29 is 0 Å². The lowest BCUT2D eigenvalue weighted by Crippen LogP contribution is -2.02. The topological polar surface area (TPSA) is 0 Å². The van der Waals surface area contributed by atoms with Crippen molar-refractivity contribution in [2.75, 3.05) is 0 Å². The van der Waals surface area contributed by atoms with E-state index in [2.05, 4.69) is 121 Å². The summed E-state index contributed by atoms with van der Waals surface area (Å²) in [7, 11) is 0. The van der Waals surface area contributed by atoms with E-state index >= 15 is 0 Å². The van der Waals surface area contributed by atoms with E-state index in [0.29, 0.717) is 0 Å². The second-order valence-electron chi connectivity index (χ2n) is 11.3. The van der Waals surface area contributed by atoms with Gasteiger partial charge in [0.25, 0.3) is 0 Å². The predicted molar refractivity (Wildman–Crippen MR) is 173 cm³/mol. The van der Waals surface area contributed by atoms with E-state index in [1.54, 1.807) is 0 Å². The lowest BCUT2D eigenvalue weighted by atomic mass is 9.84. The van der Waals surface area contributed by atoms with Crippen LogP contribution >= 0.6 is 0 Å². The van der Waals surface area contributed by atoms with Crippen LogP contribution in [0, 0.1) is 0 Å². The SMILES string of the molecule is C1=CCCC(C(=CC2=CC=C(C3=CC=C(C=C(C4=CCCC=C4)c4ccccc4)CC3)CC2)C2=CCCC=C2)=C1. The third kappa shape index (κ3) is 6.45. The monoisotopic (exact) mass is 520 g/mol. The highest BCUT2D eigenvalue weighted by Gasteiger charge is 2.16. The van der Waals surface area contributed by atoms with Gasteiger partial charge in [-0.25, -0.2) is 0 Å². The number of allylic oxidation sites excluding steroid dienone is 24. The van der Waals surface area contributed by atoms with Crippen molar-refractivity contribution in [3.05, 3.63) is 172 Å². The highest BCUT2D eigenvalue weighted by molar-refractivity contribution is 5.83. The van der Waals surface area contributed by atoms with Crippen LogP contribution in [0.5, 0.6) is 0 Å². The molecule has 1 aromatic carbocycles. The molecule has 40 heavy (non-hydrogen) atoms. The van der Waals surface area contributed by atoms with E-state index in [4.69, 9.17) is 0 Å². The molecule has 5 aliphatic rings. The van der Waals surface area contributed by atoms with Crippen LogP contribution in [0.4, 0.5) is 0 Å². The molecule has 0 aliphatic heterocycles. The summed E-state index contributed by atoms with van der Waals surface area (Å²) >= 11 is 0. The fourth-order valence-corrected chi connectivity index (χ4v) is 6.22. The van der Waals surface area contributed by atoms with Crippen LogP contribution < -0.4 is 0 Å². The third-order valence-corrected chi connectivity index (χ3v) is 8.49. The van der Waals surface area contributed by atoms with Gasteiger partial charge in [0.15, 0.2) is 0 Å². The maximum atomic E-state index is 2.47. The molecule has 6 rings (SSSR count). The summed E-state index contributed by atoms with van der Waals surface area (Å²) in [5, 5.41) is 0. The van der Waals surface area contributed by atoms with Crippen LogP contribution in [0.3, 0.4) is 0 Å². The lowest BCUT2D eigenvalue weighted by Gasteiger charge is -2.21. The Bertz CT molecular complexity index is 1490. The first kappa shape index (κ1) is 26.3. The van der Waals surface area contributed by atoms with Crippen molar-refractivity contribution >= 4 is 5.57 Å². The molecule has 0 atom stereocenters. The Morgan fingerprint density at radius 3 is 1.68 bits per heavy atom. The summed E-state index contributed by atoms with van der Waals surface area (Å²) in [6.07, 6.45) is 46.6. The second kappa shape index (κ2) is 13.0. The molecular formula is C40H40. The maximum absolute atomic E-state index is 2.47. The minimum atomic E-state index is 1.10. The van der Waals surface area contributed by atoms with Crippen LogP contribution in [0.15, 0.2) is 166 Å². The summed E-state index contributed by atoms with van der Waals surface area (Å²) in [6.45, 7) is 0. The number of hydrogen-bond donors (Lipinski definition) is 0. The van der Waals surface area contributed by atoms with Gasteiger partial charge in [-0.3, -0.25) is 0 Å². The van der Waals surface area contributed by atoms with Crippen molar-refractivity contribution in [2.45, 2.75) is 64.2 Å². The van der Waals surface area contributed by atoms with Gasteiger partial charge in [-0.15, -0.1) is 0 Å². The molecule has 0 N–H and O–H groups in total. The molecule has 200 valence electrons. The maximum Gasteiger partial charge on any atom is -0.0112 e. The minimum absolute atomic E-state index is 1.10. The van der Waals surface area contributed by atoms with E-state index in [-0.39, 0.29) is 0 Å². The van der Waals surface area contributed by atoms with Crippen LogP contribution in [0.1, 0.15) is 69.8 Å². The normalized spacial score (nSPS) is 21.6. The largest absolute Gasteiger partial charge is 0.0842 e. The fourth-order valence-electron chi connectivity index (χ4n) is 6.22. The predicted octanol–water partition coefficient (Wildman–Crippen LogP) is 11.1. The smallest absolute Gasteiger partial charge is 0.0112 e. The van der Waals surface area contributed by atoms with Gasteiger partial charge in [-0.2, -0.15) is 0 Å². The van der Waals surface area contributed by atoms with Gasteiger partial charge in [-0.1, -0.05) is 121 Å². The summed E-state index contributed by atoms with van der Waals surface area (Å²) < 4.78 is 0. The Labute approximate surface area is 241 Å². The average Bonchev–Trinajstić information content (AvgIpc) is 3.05. The third-order valence-electron chi connectivity index (χ3n) is 8.49. The van der Waals surface area contributed by atoms with Gasteiger partial charge < -0.3 is 0 Å². The Kier molecular flexibility index (Phi) is 8.54. The first-order valence-electron chi connectivity index (χ1n) is 15.2. The van der Waals surface area contributed by atoms with Gasteiger partial charge in [0.1, 0.15) is 0 Å². The van der Waals surface area contributed by atoms with Crippen LogP contribution in [0.2, 0.25) is 0 Å².